The summed E-state index contributed by atoms with van der Waals surface area (Å²) in [5.74, 6) is -7.13. The predicted octanol–water partition coefficient (Wildman–Crippen LogP) is 5.54. The number of rotatable bonds is 18. The predicted molar refractivity (Wildman–Crippen MR) is 127 cm³/mol. The molecule has 0 amide bonds. The van der Waals surface area contributed by atoms with Gasteiger partial charge in [-0.25, -0.2) is 0 Å². The Bertz CT molecular complexity index is 577. The Kier molecular flexibility index (Phi) is 13.8. The van der Waals surface area contributed by atoms with Gasteiger partial charge in [0, 0.05) is 0 Å². The van der Waals surface area contributed by atoms with Crippen LogP contribution in [-0.4, -0.2) is 44.3 Å². The van der Waals surface area contributed by atoms with E-state index in [0.29, 0.717) is 37.5 Å². The van der Waals surface area contributed by atoms with Crippen molar-refractivity contribution in [3.05, 3.63) is 0 Å². The van der Waals surface area contributed by atoms with Crippen molar-refractivity contribution in [2.45, 2.75) is 104 Å². The third-order valence-electron chi connectivity index (χ3n) is 7.92. The van der Waals surface area contributed by atoms with Gasteiger partial charge in [-0.2, -0.15) is 0 Å². The molecule has 0 saturated heterocycles. The molecule has 1 saturated carbocycles. The van der Waals surface area contributed by atoms with Gasteiger partial charge in [0.2, 0.25) is 0 Å². The minimum Gasteiger partial charge on any atom is -0.481 e. The Labute approximate surface area is 203 Å². The molecule has 8 heteroatoms. The minimum atomic E-state index is -1.33. The molecule has 1 rings (SSSR count). The van der Waals surface area contributed by atoms with Crippen molar-refractivity contribution in [1.82, 2.24) is 0 Å². The van der Waals surface area contributed by atoms with Gasteiger partial charge in [-0.05, 0) is 36.5 Å². The maximum Gasteiger partial charge on any atom is 0.318 e. The van der Waals surface area contributed by atoms with E-state index in [-0.39, 0.29) is 11.8 Å². The normalized spacial score (nSPS) is 20.2. The molecule has 0 aromatic heterocycles. The van der Waals surface area contributed by atoms with Crippen LogP contribution in [0.1, 0.15) is 104 Å². The first-order chi connectivity index (χ1) is 16.1. The van der Waals surface area contributed by atoms with Crippen LogP contribution in [0.15, 0.2) is 0 Å². The third-order valence-corrected chi connectivity index (χ3v) is 7.92. The monoisotopic (exact) mass is 484 g/mol. The number of unbranched alkanes of at least 4 members (excludes halogenated alkanes) is 2. The van der Waals surface area contributed by atoms with E-state index in [1.807, 2.05) is 13.8 Å². The van der Waals surface area contributed by atoms with Gasteiger partial charge in [-0.15, -0.1) is 0 Å². The highest BCUT2D eigenvalue weighted by atomic mass is 16.4. The van der Waals surface area contributed by atoms with Crippen molar-refractivity contribution in [1.29, 1.82) is 0 Å². The Morgan fingerprint density at radius 2 is 0.941 bits per heavy atom. The summed E-state index contributed by atoms with van der Waals surface area (Å²) in [7, 11) is 0. The molecule has 0 aromatic carbocycles. The number of carbonyl (C=O) groups is 4. The molecule has 1 aliphatic rings. The lowest BCUT2D eigenvalue weighted by Gasteiger charge is -2.32. The van der Waals surface area contributed by atoms with Crippen LogP contribution in [-0.2, 0) is 19.2 Å². The fourth-order valence-corrected chi connectivity index (χ4v) is 5.90. The summed E-state index contributed by atoms with van der Waals surface area (Å²) in [4.78, 5) is 45.3. The zero-order valence-corrected chi connectivity index (χ0v) is 20.8. The molecule has 1 fully saturated rings. The molecular formula is C26H44O8. The SMILES string of the molecule is CCC(CCCCC1CCCCC1CCCCC(CC)C(C(=O)O)C(=O)O)C(C(=O)O)C(=O)O. The Hall–Kier alpha value is -2.12. The largest absolute Gasteiger partial charge is 0.481 e. The Morgan fingerprint density at radius 3 is 1.21 bits per heavy atom. The van der Waals surface area contributed by atoms with Gasteiger partial charge in [0.25, 0.3) is 0 Å². The van der Waals surface area contributed by atoms with E-state index in [1.165, 1.54) is 25.7 Å². The second-order valence-electron chi connectivity index (χ2n) is 10.0. The molecular weight excluding hydrogens is 440 g/mol. The summed E-state index contributed by atoms with van der Waals surface area (Å²) in [6.07, 6.45) is 12.9. The molecule has 8 nitrogen and oxygen atoms in total. The second kappa shape index (κ2) is 15.7. The van der Waals surface area contributed by atoms with Crippen molar-refractivity contribution >= 4 is 23.9 Å². The maximum absolute atomic E-state index is 11.3. The first-order valence-corrected chi connectivity index (χ1v) is 13.0. The zero-order chi connectivity index (χ0) is 25.7. The molecule has 0 heterocycles. The lowest BCUT2D eigenvalue weighted by molar-refractivity contribution is -0.159. The number of hydrogen-bond acceptors (Lipinski definition) is 4. The van der Waals surface area contributed by atoms with Crippen molar-refractivity contribution in [2.24, 2.45) is 35.5 Å². The Morgan fingerprint density at radius 1 is 0.618 bits per heavy atom. The van der Waals surface area contributed by atoms with Crippen LogP contribution in [0.25, 0.3) is 0 Å². The van der Waals surface area contributed by atoms with Crippen molar-refractivity contribution in [3.63, 3.8) is 0 Å². The zero-order valence-electron chi connectivity index (χ0n) is 20.8. The number of carboxylic acids is 4. The van der Waals surface area contributed by atoms with E-state index < -0.39 is 35.7 Å². The Balaban J connectivity index is 2.47. The summed E-state index contributed by atoms with van der Waals surface area (Å²) in [5, 5.41) is 37.0. The summed E-state index contributed by atoms with van der Waals surface area (Å²) in [5.41, 5.74) is 0. The quantitative estimate of drug-likeness (QED) is 0.146. The highest BCUT2D eigenvalue weighted by Gasteiger charge is 2.34. The van der Waals surface area contributed by atoms with Gasteiger partial charge in [-0.3, -0.25) is 19.2 Å². The molecule has 4 unspecified atom stereocenters. The minimum absolute atomic E-state index is 0.343. The smallest absolute Gasteiger partial charge is 0.318 e. The second-order valence-corrected chi connectivity index (χ2v) is 10.0. The average molecular weight is 485 g/mol. The molecule has 1 aliphatic carbocycles. The van der Waals surface area contributed by atoms with Gasteiger partial charge in [0.05, 0.1) is 0 Å². The molecule has 0 spiro atoms. The van der Waals surface area contributed by atoms with Gasteiger partial charge >= 0.3 is 23.9 Å². The van der Waals surface area contributed by atoms with Gasteiger partial charge in [0.1, 0.15) is 0 Å². The maximum atomic E-state index is 11.3. The van der Waals surface area contributed by atoms with Crippen LogP contribution >= 0.6 is 0 Å². The molecule has 0 aromatic rings. The van der Waals surface area contributed by atoms with Crippen LogP contribution in [0.4, 0.5) is 0 Å². The third kappa shape index (κ3) is 9.63. The van der Waals surface area contributed by atoms with Crippen molar-refractivity contribution in [3.8, 4) is 0 Å². The van der Waals surface area contributed by atoms with E-state index in [9.17, 15) is 39.6 Å². The van der Waals surface area contributed by atoms with Crippen LogP contribution in [0, 0.1) is 35.5 Å². The van der Waals surface area contributed by atoms with Crippen molar-refractivity contribution < 1.29 is 39.6 Å². The van der Waals surface area contributed by atoms with Gasteiger partial charge in [0.15, 0.2) is 11.8 Å². The van der Waals surface area contributed by atoms with E-state index >= 15 is 0 Å². The molecule has 0 aliphatic heterocycles. The van der Waals surface area contributed by atoms with E-state index in [4.69, 9.17) is 0 Å². The molecule has 34 heavy (non-hydrogen) atoms. The lowest BCUT2D eigenvalue weighted by atomic mass is 9.74. The fourth-order valence-electron chi connectivity index (χ4n) is 5.90. The summed E-state index contributed by atoms with van der Waals surface area (Å²) in [6, 6.07) is 0. The van der Waals surface area contributed by atoms with E-state index in [0.717, 1.165) is 38.5 Å². The summed E-state index contributed by atoms with van der Waals surface area (Å²) in [6.45, 7) is 3.69. The number of carboxylic acid groups (broad SMARTS) is 4. The highest BCUT2D eigenvalue weighted by Crippen LogP contribution is 2.37. The molecule has 0 radical (unpaired) electrons. The van der Waals surface area contributed by atoms with Gasteiger partial charge in [-0.1, -0.05) is 90.9 Å². The van der Waals surface area contributed by atoms with E-state index in [2.05, 4.69) is 0 Å². The van der Waals surface area contributed by atoms with Crippen LogP contribution in [0.2, 0.25) is 0 Å². The lowest BCUT2D eigenvalue weighted by Crippen LogP contribution is -2.31. The molecule has 0 bridgehead atoms. The van der Waals surface area contributed by atoms with Crippen LogP contribution in [0.5, 0.6) is 0 Å². The van der Waals surface area contributed by atoms with E-state index in [1.54, 1.807) is 0 Å². The first kappa shape index (κ1) is 29.9. The van der Waals surface area contributed by atoms with Gasteiger partial charge < -0.3 is 20.4 Å². The molecule has 196 valence electrons. The van der Waals surface area contributed by atoms with Crippen molar-refractivity contribution in [2.75, 3.05) is 0 Å². The first-order valence-electron chi connectivity index (χ1n) is 13.0. The fraction of sp³-hybridized carbons (Fsp3) is 0.846. The number of hydrogen-bond donors (Lipinski definition) is 4. The average Bonchev–Trinajstić information content (AvgIpc) is 2.77. The van der Waals surface area contributed by atoms with Crippen LogP contribution in [0.3, 0.4) is 0 Å². The number of aliphatic carboxylic acids is 4. The molecule has 4 atom stereocenters. The highest BCUT2D eigenvalue weighted by molar-refractivity contribution is 5.93. The summed E-state index contributed by atoms with van der Waals surface area (Å²) >= 11 is 0. The summed E-state index contributed by atoms with van der Waals surface area (Å²) < 4.78 is 0. The van der Waals surface area contributed by atoms with Crippen LogP contribution < -0.4 is 0 Å². The topological polar surface area (TPSA) is 149 Å². The standard InChI is InChI=1S/C26H44O8/c1-3-17(21(23(27)28)24(29)30)11-5-7-13-19-15-9-10-16-20(19)14-8-6-12-18(4-2)22(25(31)32)26(33)34/h17-22H,3-16H2,1-2H3,(H,27,28)(H,29,30)(H,31,32)(H,33,34). The molecule has 4 N–H and O–H groups in total.